The van der Waals surface area contributed by atoms with Gasteiger partial charge in [-0.15, -0.1) is 0 Å². The highest BCUT2D eigenvalue weighted by Gasteiger charge is 2.25. The van der Waals surface area contributed by atoms with Crippen LogP contribution < -0.4 is 10.1 Å². The molecule has 0 aliphatic carbocycles. The molecule has 2 N–H and O–H groups in total. The average molecular weight is 331 g/mol. The van der Waals surface area contributed by atoms with E-state index in [9.17, 15) is 14.7 Å². The van der Waals surface area contributed by atoms with Crippen LogP contribution in [-0.4, -0.2) is 40.9 Å². The maximum atomic E-state index is 11.7. The summed E-state index contributed by atoms with van der Waals surface area (Å²) in [5.41, 5.74) is -0.249. The smallest absolute Gasteiger partial charge is 0.408 e. The maximum Gasteiger partial charge on any atom is 0.408 e. The molecular weight excluding hydrogens is 312 g/mol. The number of hydrogen-bond donors (Lipinski definition) is 2. The molecule has 1 heterocycles. The van der Waals surface area contributed by atoms with Gasteiger partial charge in [0.1, 0.15) is 11.6 Å². The lowest BCUT2D eigenvalue weighted by atomic mass is 10.1. The number of methoxy groups -OCH3 is 1. The number of rotatable bonds is 5. The van der Waals surface area contributed by atoms with Gasteiger partial charge < -0.3 is 19.9 Å². The number of carbonyl (C=O) groups is 2. The van der Waals surface area contributed by atoms with Gasteiger partial charge in [-0.25, -0.2) is 14.6 Å². The molecule has 0 radical (unpaired) electrons. The van der Waals surface area contributed by atoms with E-state index in [-0.39, 0.29) is 12.3 Å². The van der Waals surface area contributed by atoms with Gasteiger partial charge in [0.2, 0.25) is 5.88 Å². The molecule has 1 atom stereocenters. The van der Waals surface area contributed by atoms with Crippen LogP contribution in [0.4, 0.5) is 4.79 Å². The minimum absolute atomic E-state index is 0.0364. The molecule has 22 heavy (non-hydrogen) atoms. The van der Waals surface area contributed by atoms with E-state index < -0.39 is 23.7 Å². The van der Waals surface area contributed by atoms with E-state index >= 15 is 0 Å². The van der Waals surface area contributed by atoms with Gasteiger partial charge in [-0.3, -0.25) is 0 Å². The Kier molecular flexibility index (Phi) is 5.99. The third-order valence-electron chi connectivity index (χ3n) is 2.50. The number of carboxylic acid groups (broad SMARTS) is 1. The topological polar surface area (TPSA) is 97.8 Å². The molecular formula is C14H19ClN2O5. The van der Waals surface area contributed by atoms with Crippen molar-refractivity contribution in [2.45, 2.75) is 38.8 Å². The molecule has 0 aromatic carbocycles. The van der Waals surface area contributed by atoms with Gasteiger partial charge in [-0.1, -0.05) is 11.6 Å². The monoisotopic (exact) mass is 330 g/mol. The zero-order chi connectivity index (χ0) is 16.9. The number of alkyl carbamates (subject to hydrolysis) is 1. The summed E-state index contributed by atoms with van der Waals surface area (Å²) >= 11 is 5.85. The lowest BCUT2D eigenvalue weighted by molar-refractivity contribution is -0.139. The summed E-state index contributed by atoms with van der Waals surface area (Å²) < 4.78 is 10.1. The third kappa shape index (κ3) is 5.77. The SMILES string of the molecule is COc1ncc(Cl)cc1C[C@H](NC(=O)OC(C)(C)C)C(=O)O. The second-order valence-electron chi connectivity index (χ2n) is 5.56. The van der Waals surface area contributed by atoms with Crippen molar-refractivity contribution in [3.05, 3.63) is 22.8 Å². The normalized spacial score (nSPS) is 12.4. The van der Waals surface area contributed by atoms with Crippen molar-refractivity contribution in [3.8, 4) is 5.88 Å². The van der Waals surface area contributed by atoms with Crippen LogP contribution in [0.1, 0.15) is 26.3 Å². The van der Waals surface area contributed by atoms with Crippen molar-refractivity contribution in [2.24, 2.45) is 0 Å². The summed E-state index contributed by atoms with van der Waals surface area (Å²) in [6.07, 6.45) is 0.542. The van der Waals surface area contributed by atoms with Gasteiger partial charge in [0, 0.05) is 18.2 Å². The zero-order valence-electron chi connectivity index (χ0n) is 12.8. The number of nitrogens with one attached hydrogen (secondary N) is 1. The van der Waals surface area contributed by atoms with Gasteiger partial charge >= 0.3 is 12.1 Å². The molecule has 0 aliphatic heterocycles. The largest absolute Gasteiger partial charge is 0.481 e. The molecule has 1 aromatic rings. The number of hydrogen-bond acceptors (Lipinski definition) is 5. The molecule has 122 valence electrons. The van der Waals surface area contributed by atoms with Crippen LogP contribution in [0.25, 0.3) is 0 Å². The van der Waals surface area contributed by atoms with E-state index in [2.05, 4.69) is 10.3 Å². The van der Waals surface area contributed by atoms with E-state index in [1.54, 1.807) is 26.8 Å². The molecule has 0 aliphatic rings. The molecule has 8 heteroatoms. The Bertz CT molecular complexity index is 557. The minimum atomic E-state index is -1.20. The van der Waals surface area contributed by atoms with E-state index in [0.29, 0.717) is 10.6 Å². The fourth-order valence-corrected chi connectivity index (χ4v) is 1.85. The third-order valence-corrected chi connectivity index (χ3v) is 2.71. The second kappa shape index (κ2) is 7.31. The Balaban J connectivity index is 2.87. The number of amides is 1. The van der Waals surface area contributed by atoms with Gasteiger partial charge in [0.15, 0.2) is 0 Å². The number of ether oxygens (including phenoxy) is 2. The number of aromatic nitrogens is 1. The summed E-state index contributed by atoms with van der Waals surface area (Å²) in [5.74, 6) is -0.950. The van der Waals surface area contributed by atoms with Crippen molar-refractivity contribution >= 4 is 23.7 Å². The van der Waals surface area contributed by atoms with E-state index in [1.165, 1.54) is 13.3 Å². The maximum absolute atomic E-state index is 11.7. The summed E-state index contributed by atoms with van der Waals surface area (Å²) in [7, 11) is 1.41. The minimum Gasteiger partial charge on any atom is -0.481 e. The quantitative estimate of drug-likeness (QED) is 0.859. The van der Waals surface area contributed by atoms with Gasteiger partial charge in [0.05, 0.1) is 12.1 Å². The number of carbonyl (C=O) groups excluding carboxylic acids is 1. The van der Waals surface area contributed by atoms with E-state index in [0.717, 1.165) is 0 Å². The first-order valence-electron chi connectivity index (χ1n) is 6.53. The Morgan fingerprint density at radius 2 is 2.09 bits per heavy atom. The van der Waals surface area contributed by atoms with Crippen LogP contribution in [0.2, 0.25) is 5.02 Å². The fourth-order valence-electron chi connectivity index (χ4n) is 1.67. The summed E-state index contributed by atoms with van der Waals surface area (Å²) in [6.45, 7) is 5.06. The number of halogens is 1. The molecule has 7 nitrogen and oxygen atoms in total. The van der Waals surface area contributed by atoms with E-state index in [1.807, 2.05) is 0 Å². The van der Waals surface area contributed by atoms with E-state index in [4.69, 9.17) is 21.1 Å². The van der Waals surface area contributed by atoms with Gasteiger partial charge in [-0.05, 0) is 26.8 Å². The number of nitrogens with zero attached hydrogens (tertiary/aromatic N) is 1. The van der Waals surface area contributed by atoms with Gasteiger partial charge in [0.25, 0.3) is 0 Å². The van der Waals surface area contributed by atoms with Crippen molar-refractivity contribution in [2.75, 3.05) is 7.11 Å². The van der Waals surface area contributed by atoms with Crippen molar-refractivity contribution in [1.29, 1.82) is 0 Å². The Morgan fingerprint density at radius 3 is 2.59 bits per heavy atom. The summed E-state index contributed by atoms with van der Waals surface area (Å²) in [4.78, 5) is 27.0. The highest BCUT2D eigenvalue weighted by molar-refractivity contribution is 6.30. The predicted molar refractivity (Wildman–Crippen MR) is 80.3 cm³/mol. The first kappa shape index (κ1) is 18.0. The number of aliphatic carboxylic acids is 1. The summed E-state index contributed by atoms with van der Waals surface area (Å²) in [6, 6.07) is 0.351. The van der Waals surface area contributed by atoms with Crippen LogP contribution >= 0.6 is 11.6 Å². The van der Waals surface area contributed by atoms with Crippen molar-refractivity contribution in [1.82, 2.24) is 10.3 Å². The predicted octanol–water partition coefficient (Wildman–Crippen LogP) is 2.26. The van der Waals surface area contributed by atoms with Crippen LogP contribution in [0.15, 0.2) is 12.3 Å². The van der Waals surface area contributed by atoms with Crippen LogP contribution in [-0.2, 0) is 16.0 Å². The lowest BCUT2D eigenvalue weighted by Gasteiger charge is -2.22. The molecule has 0 saturated heterocycles. The molecule has 0 bridgehead atoms. The molecule has 0 unspecified atom stereocenters. The standard InChI is InChI=1S/C14H19ClN2O5/c1-14(2,3)22-13(20)17-10(12(18)19)6-8-5-9(15)7-16-11(8)21-4/h5,7,10H,6H2,1-4H3,(H,17,20)(H,18,19)/t10-/m0/s1. The second-order valence-corrected chi connectivity index (χ2v) is 6.00. The Hall–Kier alpha value is -2.02. The van der Waals surface area contributed by atoms with Crippen LogP contribution in [0, 0.1) is 0 Å². The highest BCUT2D eigenvalue weighted by Crippen LogP contribution is 2.21. The molecule has 1 rings (SSSR count). The molecule has 1 aromatic heterocycles. The molecule has 0 saturated carbocycles. The van der Waals surface area contributed by atoms with Crippen LogP contribution in [0.3, 0.4) is 0 Å². The average Bonchev–Trinajstić information content (AvgIpc) is 2.35. The molecule has 0 fully saturated rings. The van der Waals surface area contributed by atoms with Crippen molar-refractivity contribution in [3.63, 3.8) is 0 Å². The van der Waals surface area contributed by atoms with Gasteiger partial charge in [-0.2, -0.15) is 0 Å². The first-order chi connectivity index (χ1) is 10.1. The van der Waals surface area contributed by atoms with Crippen molar-refractivity contribution < 1.29 is 24.2 Å². The Labute approximate surface area is 133 Å². The fraction of sp³-hybridized carbons (Fsp3) is 0.500. The van der Waals surface area contributed by atoms with Crippen LogP contribution in [0.5, 0.6) is 5.88 Å². The highest BCUT2D eigenvalue weighted by atomic mass is 35.5. The summed E-state index contributed by atoms with van der Waals surface area (Å²) in [5, 5.41) is 11.9. The Morgan fingerprint density at radius 1 is 1.45 bits per heavy atom. The number of pyridine rings is 1. The lowest BCUT2D eigenvalue weighted by Crippen LogP contribution is -2.44. The molecule has 1 amide bonds. The molecule has 0 spiro atoms. The number of carboxylic acids is 1. The first-order valence-corrected chi connectivity index (χ1v) is 6.91. The zero-order valence-corrected chi connectivity index (χ0v) is 13.6.